The highest BCUT2D eigenvalue weighted by Crippen LogP contribution is 2.39. The van der Waals surface area contributed by atoms with Gasteiger partial charge >= 0.3 is 0 Å². The average molecular weight is 233 g/mol. The number of nitrogens with zero attached hydrogens (tertiary/aromatic N) is 1. The van der Waals surface area contributed by atoms with E-state index in [4.69, 9.17) is 0 Å². The van der Waals surface area contributed by atoms with Gasteiger partial charge < -0.3 is 5.32 Å². The Morgan fingerprint density at radius 3 is 2.86 bits per heavy atom. The van der Waals surface area contributed by atoms with Gasteiger partial charge in [0.05, 0.1) is 11.2 Å². The maximum absolute atomic E-state index is 4.24. The quantitative estimate of drug-likeness (QED) is 0.864. The van der Waals surface area contributed by atoms with Gasteiger partial charge in [-0.05, 0) is 18.3 Å². The van der Waals surface area contributed by atoms with E-state index in [-0.39, 0.29) is 12.4 Å². The Labute approximate surface area is 95.5 Å². The minimum Gasteiger partial charge on any atom is -0.311 e. The summed E-state index contributed by atoms with van der Waals surface area (Å²) in [5.41, 5.74) is 3.64. The van der Waals surface area contributed by atoms with E-state index < -0.39 is 0 Å². The molecule has 1 aliphatic rings. The van der Waals surface area contributed by atoms with Crippen LogP contribution in [0.2, 0.25) is 0 Å². The first-order valence-electron chi connectivity index (χ1n) is 4.86. The first kappa shape index (κ1) is 12.0. The molecule has 1 aliphatic carbocycles. The van der Waals surface area contributed by atoms with Crippen LogP contribution in [-0.4, -0.2) is 11.5 Å². The van der Waals surface area contributed by atoms with Gasteiger partial charge in [0.15, 0.2) is 0 Å². The van der Waals surface area contributed by atoms with Crippen molar-refractivity contribution in [2.24, 2.45) is 5.41 Å². The van der Waals surface area contributed by atoms with E-state index in [0.29, 0.717) is 5.41 Å². The van der Waals surface area contributed by atoms with Crippen LogP contribution in [0.4, 0.5) is 0 Å². The first-order chi connectivity index (χ1) is 6.29. The van der Waals surface area contributed by atoms with Crippen molar-refractivity contribution in [3.8, 4) is 0 Å². The largest absolute Gasteiger partial charge is 0.311 e. The summed E-state index contributed by atoms with van der Waals surface area (Å²) in [5.74, 6) is 0. The summed E-state index contributed by atoms with van der Waals surface area (Å²) in [6.07, 6.45) is 4.18. The molecule has 1 fully saturated rings. The molecule has 0 radical (unpaired) electrons. The Bertz CT molecular complexity index is 257. The third-order valence-corrected chi connectivity index (χ3v) is 3.54. The van der Waals surface area contributed by atoms with Gasteiger partial charge in [0.1, 0.15) is 0 Å². The van der Waals surface area contributed by atoms with Crippen molar-refractivity contribution < 1.29 is 0 Å². The van der Waals surface area contributed by atoms with Crippen LogP contribution >= 0.6 is 23.7 Å². The molecule has 1 N–H and O–H groups in total. The lowest BCUT2D eigenvalue weighted by Crippen LogP contribution is -2.37. The van der Waals surface area contributed by atoms with Gasteiger partial charge in [0.25, 0.3) is 0 Å². The van der Waals surface area contributed by atoms with Gasteiger partial charge in [-0.1, -0.05) is 13.3 Å². The van der Waals surface area contributed by atoms with Crippen molar-refractivity contribution >= 4 is 23.7 Å². The zero-order valence-electron chi connectivity index (χ0n) is 8.45. The smallest absolute Gasteiger partial charge is 0.0795 e. The molecule has 1 heterocycles. The van der Waals surface area contributed by atoms with Crippen LogP contribution in [0.5, 0.6) is 0 Å². The van der Waals surface area contributed by atoms with Gasteiger partial charge in [0, 0.05) is 18.5 Å². The number of nitrogens with one attached hydrogen (secondary N) is 1. The van der Waals surface area contributed by atoms with Gasteiger partial charge in [-0.25, -0.2) is 4.98 Å². The van der Waals surface area contributed by atoms with E-state index >= 15 is 0 Å². The molecule has 0 spiro atoms. The summed E-state index contributed by atoms with van der Waals surface area (Å²) in [6.45, 7) is 4.44. The molecule has 0 aromatic carbocycles. The van der Waals surface area contributed by atoms with Crippen molar-refractivity contribution in [3.63, 3.8) is 0 Å². The monoisotopic (exact) mass is 232 g/mol. The Morgan fingerprint density at radius 1 is 1.57 bits per heavy atom. The summed E-state index contributed by atoms with van der Waals surface area (Å²) >= 11 is 1.67. The summed E-state index contributed by atoms with van der Waals surface area (Å²) in [4.78, 5) is 4.24. The molecule has 0 amide bonds. The van der Waals surface area contributed by atoms with Crippen molar-refractivity contribution in [3.05, 3.63) is 16.6 Å². The van der Waals surface area contributed by atoms with E-state index in [1.807, 2.05) is 5.51 Å². The minimum absolute atomic E-state index is 0. The van der Waals surface area contributed by atoms with Crippen molar-refractivity contribution in [2.75, 3.05) is 6.54 Å². The molecule has 2 nitrogen and oxygen atoms in total. The van der Waals surface area contributed by atoms with Crippen LogP contribution in [0, 0.1) is 5.41 Å². The lowest BCUT2D eigenvalue weighted by molar-refractivity contribution is 0.156. The summed E-state index contributed by atoms with van der Waals surface area (Å²) in [7, 11) is 0. The zero-order valence-corrected chi connectivity index (χ0v) is 10.1. The molecule has 80 valence electrons. The standard InChI is InChI=1S/C10H16N2S.ClH/c1-10(3-2-4-10)7-11-5-9-6-13-8-12-9;/h6,8,11H,2-5,7H2,1H3;1H. The van der Waals surface area contributed by atoms with Crippen LogP contribution in [0.15, 0.2) is 10.9 Å². The van der Waals surface area contributed by atoms with Crippen molar-refractivity contribution in [1.29, 1.82) is 0 Å². The molecule has 2 rings (SSSR count). The van der Waals surface area contributed by atoms with Crippen LogP contribution in [0.3, 0.4) is 0 Å². The van der Waals surface area contributed by atoms with Crippen LogP contribution in [-0.2, 0) is 6.54 Å². The fraction of sp³-hybridized carbons (Fsp3) is 0.700. The maximum atomic E-state index is 4.24. The number of hydrogen-bond acceptors (Lipinski definition) is 3. The second-order valence-corrected chi connectivity index (χ2v) is 4.97. The molecule has 1 saturated carbocycles. The molecule has 1 aromatic heterocycles. The van der Waals surface area contributed by atoms with E-state index in [1.165, 1.54) is 25.0 Å². The van der Waals surface area contributed by atoms with Crippen molar-refractivity contribution in [2.45, 2.75) is 32.7 Å². The Hall–Kier alpha value is -0.120. The molecule has 0 atom stereocenters. The fourth-order valence-electron chi connectivity index (χ4n) is 1.77. The van der Waals surface area contributed by atoms with E-state index in [9.17, 15) is 0 Å². The van der Waals surface area contributed by atoms with Crippen molar-refractivity contribution in [1.82, 2.24) is 10.3 Å². The molecule has 0 bridgehead atoms. The molecule has 0 aliphatic heterocycles. The molecule has 0 unspecified atom stereocenters. The third-order valence-electron chi connectivity index (χ3n) is 2.90. The minimum atomic E-state index is 0. The number of halogens is 1. The van der Waals surface area contributed by atoms with Gasteiger partial charge in [-0.15, -0.1) is 23.7 Å². The van der Waals surface area contributed by atoms with Crippen LogP contribution in [0.1, 0.15) is 31.9 Å². The topological polar surface area (TPSA) is 24.9 Å². The summed E-state index contributed by atoms with van der Waals surface area (Å²) in [5, 5.41) is 5.58. The third kappa shape index (κ3) is 2.94. The molecular formula is C10H17ClN2S. The van der Waals surface area contributed by atoms with E-state index in [0.717, 1.165) is 13.1 Å². The zero-order chi connectivity index (χ0) is 9.15. The molecule has 14 heavy (non-hydrogen) atoms. The Morgan fingerprint density at radius 2 is 2.36 bits per heavy atom. The van der Waals surface area contributed by atoms with Gasteiger partial charge in [0.2, 0.25) is 0 Å². The highest BCUT2D eigenvalue weighted by Gasteiger charge is 2.30. The normalized spacial score (nSPS) is 18.4. The highest BCUT2D eigenvalue weighted by molar-refractivity contribution is 7.07. The second-order valence-electron chi connectivity index (χ2n) is 4.25. The van der Waals surface area contributed by atoms with E-state index in [2.05, 4.69) is 22.6 Å². The molecular weight excluding hydrogens is 216 g/mol. The lowest BCUT2D eigenvalue weighted by atomic mass is 9.70. The van der Waals surface area contributed by atoms with E-state index in [1.54, 1.807) is 11.3 Å². The SMILES string of the molecule is CC1(CNCc2cscn2)CCC1.Cl. The lowest BCUT2D eigenvalue weighted by Gasteiger charge is -2.38. The number of hydrogen-bond donors (Lipinski definition) is 1. The van der Waals surface area contributed by atoms with Gasteiger partial charge in [-0.2, -0.15) is 0 Å². The predicted molar refractivity (Wildman–Crippen MR) is 63.0 cm³/mol. The summed E-state index contributed by atoms with van der Waals surface area (Å²) < 4.78 is 0. The summed E-state index contributed by atoms with van der Waals surface area (Å²) in [6, 6.07) is 0. The highest BCUT2D eigenvalue weighted by atomic mass is 35.5. The first-order valence-corrected chi connectivity index (χ1v) is 5.81. The predicted octanol–water partition coefficient (Wildman–Crippen LogP) is 2.84. The molecule has 1 aromatic rings. The average Bonchev–Trinajstić information content (AvgIpc) is 2.54. The Kier molecular flexibility index (Phi) is 4.35. The van der Waals surface area contributed by atoms with Gasteiger partial charge in [-0.3, -0.25) is 0 Å². The van der Waals surface area contributed by atoms with Crippen LogP contribution in [0.25, 0.3) is 0 Å². The second kappa shape index (κ2) is 5.10. The number of thiazole rings is 1. The molecule has 0 saturated heterocycles. The van der Waals surface area contributed by atoms with Crippen LogP contribution < -0.4 is 5.32 Å². The molecule has 4 heteroatoms. The fourth-order valence-corrected chi connectivity index (χ4v) is 2.33. The Balaban J connectivity index is 0.000000980. The number of aromatic nitrogens is 1. The number of rotatable bonds is 4. The maximum Gasteiger partial charge on any atom is 0.0795 e.